The molecule has 2 heterocycles. The Balaban J connectivity index is 1.78. The fourth-order valence-electron chi connectivity index (χ4n) is 3.82. The number of benzene rings is 1. The number of piperidine rings is 1. The van der Waals surface area contributed by atoms with Crippen LogP contribution in [-0.4, -0.2) is 54.5 Å². The van der Waals surface area contributed by atoms with Gasteiger partial charge in [0.2, 0.25) is 0 Å². The van der Waals surface area contributed by atoms with E-state index in [1.807, 2.05) is 4.90 Å². The molecule has 3 rings (SSSR count). The summed E-state index contributed by atoms with van der Waals surface area (Å²) in [5, 5.41) is 11.5. The fourth-order valence-corrected chi connectivity index (χ4v) is 3.82. The number of esters is 1. The molecule has 2 aliphatic heterocycles. The van der Waals surface area contributed by atoms with Crippen molar-refractivity contribution in [1.82, 2.24) is 4.90 Å². The molecule has 27 heavy (non-hydrogen) atoms. The number of nitro groups is 1. The summed E-state index contributed by atoms with van der Waals surface area (Å²) in [4.78, 5) is 39.5. The third-order valence-corrected chi connectivity index (χ3v) is 5.19. The van der Waals surface area contributed by atoms with Crippen molar-refractivity contribution in [1.29, 1.82) is 0 Å². The van der Waals surface area contributed by atoms with Gasteiger partial charge in [0.15, 0.2) is 0 Å². The van der Waals surface area contributed by atoms with E-state index in [4.69, 9.17) is 4.74 Å². The van der Waals surface area contributed by atoms with E-state index in [0.29, 0.717) is 38.2 Å². The maximum absolute atomic E-state index is 12.9. The lowest BCUT2D eigenvalue weighted by atomic mass is 9.97. The maximum atomic E-state index is 12.9. The van der Waals surface area contributed by atoms with Gasteiger partial charge >= 0.3 is 5.97 Å². The van der Waals surface area contributed by atoms with Gasteiger partial charge in [0.05, 0.1) is 17.4 Å². The van der Waals surface area contributed by atoms with Gasteiger partial charge in [-0.2, -0.15) is 0 Å². The standard InChI is InChI=1S/C19H25N3O5/c1-2-27-19(24)15-6-5-11-21(13-15)18(23)14-7-8-16(17(12-14)22(25)26)20-9-3-4-10-20/h7-8,12,15H,2-6,9-11,13H2,1H3. The van der Waals surface area contributed by atoms with Gasteiger partial charge in [0.1, 0.15) is 5.69 Å². The summed E-state index contributed by atoms with van der Waals surface area (Å²) in [6.07, 6.45) is 3.43. The minimum atomic E-state index is -0.429. The molecular weight excluding hydrogens is 350 g/mol. The molecule has 1 amide bonds. The van der Waals surface area contributed by atoms with Gasteiger partial charge < -0.3 is 14.5 Å². The number of hydrogen-bond acceptors (Lipinski definition) is 6. The highest BCUT2D eigenvalue weighted by Crippen LogP contribution is 2.32. The number of likely N-dealkylation sites (tertiary alicyclic amines) is 1. The maximum Gasteiger partial charge on any atom is 0.310 e. The van der Waals surface area contributed by atoms with E-state index in [0.717, 1.165) is 25.9 Å². The number of anilines is 1. The molecule has 2 aliphatic rings. The van der Waals surface area contributed by atoms with Gasteiger partial charge in [-0.05, 0) is 44.7 Å². The smallest absolute Gasteiger partial charge is 0.310 e. The molecule has 0 bridgehead atoms. The van der Waals surface area contributed by atoms with Crippen LogP contribution in [0.3, 0.4) is 0 Å². The van der Waals surface area contributed by atoms with Crippen molar-refractivity contribution < 1.29 is 19.2 Å². The highest BCUT2D eigenvalue weighted by Gasteiger charge is 2.31. The highest BCUT2D eigenvalue weighted by atomic mass is 16.6. The first-order chi connectivity index (χ1) is 13.0. The van der Waals surface area contributed by atoms with Crippen LogP contribution in [0.25, 0.3) is 0 Å². The minimum Gasteiger partial charge on any atom is -0.466 e. The Morgan fingerprint density at radius 1 is 1.22 bits per heavy atom. The second-order valence-corrected chi connectivity index (χ2v) is 7.00. The Bertz CT molecular complexity index is 730. The number of nitro benzene ring substituents is 1. The molecule has 0 aromatic heterocycles. The average molecular weight is 375 g/mol. The van der Waals surface area contributed by atoms with Crippen LogP contribution in [0.1, 0.15) is 43.0 Å². The van der Waals surface area contributed by atoms with Crippen molar-refractivity contribution in [3.05, 3.63) is 33.9 Å². The lowest BCUT2D eigenvalue weighted by Crippen LogP contribution is -2.42. The third kappa shape index (κ3) is 4.20. The molecule has 0 aliphatic carbocycles. The number of nitrogens with zero attached hydrogens (tertiary/aromatic N) is 3. The number of rotatable bonds is 5. The molecule has 1 aromatic rings. The summed E-state index contributed by atoms with van der Waals surface area (Å²) in [5.74, 6) is -0.896. The van der Waals surface area contributed by atoms with Crippen LogP contribution < -0.4 is 4.90 Å². The van der Waals surface area contributed by atoms with Crippen molar-refractivity contribution >= 4 is 23.3 Å². The van der Waals surface area contributed by atoms with Crippen LogP contribution in [0, 0.1) is 16.0 Å². The predicted octanol–water partition coefficient (Wildman–Crippen LogP) is 2.61. The highest BCUT2D eigenvalue weighted by molar-refractivity contribution is 5.96. The molecule has 1 aromatic carbocycles. The molecule has 0 saturated carbocycles. The van der Waals surface area contributed by atoms with Crippen LogP contribution in [0.4, 0.5) is 11.4 Å². The molecule has 0 spiro atoms. The predicted molar refractivity (Wildman–Crippen MR) is 99.8 cm³/mol. The monoisotopic (exact) mass is 375 g/mol. The zero-order chi connectivity index (χ0) is 19.4. The number of hydrogen-bond donors (Lipinski definition) is 0. The van der Waals surface area contributed by atoms with Crippen LogP contribution in [0.15, 0.2) is 18.2 Å². The van der Waals surface area contributed by atoms with Crippen LogP contribution >= 0.6 is 0 Å². The molecule has 146 valence electrons. The van der Waals surface area contributed by atoms with E-state index in [1.165, 1.54) is 6.07 Å². The molecule has 1 atom stereocenters. The number of carbonyl (C=O) groups excluding carboxylic acids is 2. The van der Waals surface area contributed by atoms with Gasteiger partial charge in [0.25, 0.3) is 11.6 Å². The quantitative estimate of drug-likeness (QED) is 0.446. The van der Waals surface area contributed by atoms with Gasteiger partial charge in [-0.15, -0.1) is 0 Å². The summed E-state index contributed by atoms with van der Waals surface area (Å²) < 4.78 is 5.07. The molecule has 2 saturated heterocycles. The summed E-state index contributed by atoms with van der Waals surface area (Å²) in [6.45, 7) is 4.48. The SMILES string of the molecule is CCOC(=O)C1CCCN(C(=O)c2ccc(N3CCCC3)c([N+](=O)[O-])c2)C1. The van der Waals surface area contributed by atoms with E-state index >= 15 is 0 Å². The van der Waals surface area contributed by atoms with E-state index in [1.54, 1.807) is 24.0 Å². The topological polar surface area (TPSA) is 93.0 Å². The second kappa shape index (κ2) is 8.37. The molecule has 8 nitrogen and oxygen atoms in total. The molecule has 0 radical (unpaired) electrons. The van der Waals surface area contributed by atoms with Gasteiger partial charge in [-0.1, -0.05) is 0 Å². The number of ether oxygens (including phenoxy) is 1. The normalized spacial score (nSPS) is 19.8. The Morgan fingerprint density at radius 2 is 1.96 bits per heavy atom. The van der Waals surface area contributed by atoms with Crippen molar-refractivity contribution in [3.8, 4) is 0 Å². The van der Waals surface area contributed by atoms with E-state index < -0.39 is 4.92 Å². The lowest BCUT2D eigenvalue weighted by molar-refractivity contribution is -0.384. The fraction of sp³-hybridized carbons (Fsp3) is 0.579. The van der Waals surface area contributed by atoms with Crippen molar-refractivity contribution in [3.63, 3.8) is 0 Å². The van der Waals surface area contributed by atoms with Crippen LogP contribution in [0.2, 0.25) is 0 Å². The lowest BCUT2D eigenvalue weighted by Gasteiger charge is -2.31. The zero-order valence-electron chi connectivity index (χ0n) is 15.6. The minimum absolute atomic E-state index is 0.0401. The molecule has 1 unspecified atom stereocenters. The first-order valence-corrected chi connectivity index (χ1v) is 9.50. The Hall–Kier alpha value is -2.64. The van der Waals surface area contributed by atoms with Gasteiger partial charge in [0, 0.05) is 37.8 Å². The van der Waals surface area contributed by atoms with Crippen molar-refractivity contribution in [2.75, 3.05) is 37.7 Å². The van der Waals surface area contributed by atoms with E-state index in [-0.39, 0.29) is 29.0 Å². The van der Waals surface area contributed by atoms with Gasteiger partial charge in [-0.25, -0.2) is 0 Å². The first-order valence-electron chi connectivity index (χ1n) is 9.50. The van der Waals surface area contributed by atoms with E-state index in [2.05, 4.69) is 0 Å². The molecular formula is C19H25N3O5. The second-order valence-electron chi connectivity index (χ2n) is 7.00. The molecule has 8 heteroatoms. The van der Waals surface area contributed by atoms with Crippen molar-refractivity contribution in [2.24, 2.45) is 5.92 Å². The Kier molecular flexibility index (Phi) is 5.93. The van der Waals surface area contributed by atoms with Crippen molar-refractivity contribution in [2.45, 2.75) is 32.6 Å². The largest absolute Gasteiger partial charge is 0.466 e. The van der Waals surface area contributed by atoms with Gasteiger partial charge in [-0.3, -0.25) is 19.7 Å². The summed E-state index contributed by atoms with van der Waals surface area (Å²) >= 11 is 0. The summed E-state index contributed by atoms with van der Waals surface area (Å²) in [7, 11) is 0. The first kappa shape index (κ1) is 19.1. The number of carbonyl (C=O) groups is 2. The molecule has 2 fully saturated rings. The zero-order valence-corrected chi connectivity index (χ0v) is 15.6. The third-order valence-electron chi connectivity index (χ3n) is 5.19. The van der Waals surface area contributed by atoms with Crippen LogP contribution in [-0.2, 0) is 9.53 Å². The summed E-state index contributed by atoms with van der Waals surface area (Å²) in [5.41, 5.74) is 0.813. The number of amides is 1. The molecule has 0 N–H and O–H groups in total. The Labute approximate surface area is 158 Å². The van der Waals surface area contributed by atoms with Crippen LogP contribution in [0.5, 0.6) is 0 Å². The Morgan fingerprint density at radius 3 is 2.63 bits per heavy atom. The summed E-state index contributed by atoms with van der Waals surface area (Å²) in [6, 6.07) is 4.68. The average Bonchev–Trinajstić information content (AvgIpc) is 3.22. The van der Waals surface area contributed by atoms with E-state index in [9.17, 15) is 19.7 Å².